The standard InChI is InChI=1S/C31H33BrN8O3/c1-14(2)26-28-20(9-22(35-26)19-10-33-18(6)34-11-19)27(17(5)41)38-40(28)13-24(42)39-12-21-16(4)25(21)29(39)31(43)37-30-15(3)7-8-23(32)36-30/h7-11,14,16,21,25,29H,12-13H2,1-6H3,(H,36,37,43)/t16?,21?,25?,29-/m0/s1. The number of carbonyl (C=O) groups is 3. The summed E-state index contributed by atoms with van der Waals surface area (Å²) in [5.74, 6) is 1.10. The zero-order valence-corrected chi connectivity index (χ0v) is 26.5. The number of aryl methyl sites for hydroxylation is 2. The Labute approximate surface area is 257 Å². The quantitative estimate of drug-likeness (QED) is 0.225. The number of ketones is 1. The predicted octanol–water partition coefficient (Wildman–Crippen LogP) is 4.72. The summed E-state index contributed by atoms with van der Waals surface area (Å²) in [6.45, 7) is 11.7. The Morgan fingerprint density at radius 3 is 2.51 bits per heavy atom. The Hall–Kier alpha value is -4.06. The Balaban J connectivity index is 1.35. The van der Waals surface area contributed by atoms with E-state index in [0.29, 0.717) is 51.0 Å². The van der Waals surface area contributed by atoms with Crippen LogP contribution in [-0.4, -0.2) is 64.8 Å². The number of aromatic nitrogens is 6. The van der Waals surface area contributed by atoms with Crippen molar-refractivity contribution in [3.05, 3.63) is 58.0 Å². The molecule has 0 spiro atoms. The third-order valence-corrected chi connectivity index (χ3v) is 9.07. The van der Waals surface area contributed by atoms with Crippen molar-refractivity contribution in [1.82, 2.24) is 34.6 Å². The molecule has 0 radical (unpaired) electrons. The van der Waals surface area contributed by atoms with Crippen LogP contribution in [0.3, 0.4) is 0 Å². The van der Waals surface area contributed by atoms with Crippen molar-refractivity contribution in [2.75, 3.05) is 11.9 Å². The van der Waals surface area contributed by atoms with Crippen LogP contribution in [0, 0.1) is 31.6 Å². The third kappa shape index (κ3) is 5.21. The summed E-state index contributed by atoms with van der Waals surface area (Å²) >= 11 is 3.37. The molecule has 2 fully saturated rings. The summed E-state index contributed by atoms with van der Waals surface area (Å²) in [6.07, 6.45) is 3.41. The lowest BCUT2D eigenvalue weighted by molar-refractivity contribution is -0.138. The topological polar surface area (TPSA) is 136 Å². The van der Waals surface area contributed by atoms with Crippen LogP contribution in [-0.2, 0) is 16.1 Å². The summed E-state index contributed by atoms with van der Waals surface area (Å²) < 4.78 is 2.19. The average Bonchev–Trinajstić information content (AvgIpc) is 3.28. The first-order valence-electron chi connectivity index (χ1n) is 14.4. The maximum atomic E-state index is 13.9. The Kier molecular flexibility index (Phi) is 7.35. The number of amides is 2. The highest BCUT2D eigenvalue weighted by Crippen LogP contribution is 2.55. The highest BCUT2D eigenvalue weighted by atomic mass is 79.9. The van der Waals surface area contributed by atoms with E-state index in [0.717, 1.165) is 11.1 Å². The number of anilines is 1. The smallest absolute Gasteiger partial charge is 0.248 e. The number of halogens is 1. The van der Waals surface area contributed by atoms with Crippen molar-refractivity contribution in [2.24, 2.45) is 17.8 Å². The molecule has 0 aromatic carbocycles. The van der Waals surface area contributed by atoms with Crippen molar-refractivity contribution in [1.29, 1.82) is 0 Å². The molecule has 2 aliphatic rings. The zero-order valence-electron chi connectivity index (χ0n) is 24.9. The van der Waals surface area contributed by atoms with Gasteiger partial charge in [0.2, 0.25) is 11.8 Å². The second kappa shape index (κ2) is 10.9. The van der Waals surface area contributed by atoms with Crippen LogP contribution < -0.4 is 5.32 Å². The Bertz CT molecular complexity index is 1780. The summed E-state index contributed by atoms with van der Waals surface area (Å²) in [4.78, 5) is 59.9. The molecule has 3 unspecified atom stereocenters. The van der Waals surface area contributed by atoms with Gasteiger partial charge >= 0.3 is 0 Å². The van der Waals surface area contributed by atoms with Crippen LogP contribution in [0.25, 0.3) is 22.2 Å². The van der Waals surface area contributed by atoms with Crippen LogP contribution in [0.5, 0.6) is 0 Å². The first kappa shape index (κ1) is 29.0. The molecule has 1 saturated heterocycles. The normalized spacial score (nSPS) is 20.9. The number of pyridine rings is 2. The number of hydrogen-bond donors (Lipinski definition) is 1. The van der Waals surface area contributed by atoms with Gasteiger partial charge in [-0.3, -0.25) is 24.0 Å². The number of hydrogen-bond acceptors (Lipinski definition) is 8. The molecule has 1 N–H and O–H groups in total. The van der Waals surface area contributed by atoms with Gasteiger partial charge in [0.15, 0.2) is 5.78 Å². The fourth-order valence-corrected chi connectivity index (χ4v) is 6.55. The Morgan fingerprint density at radius 2 is 1.84 bits per heavy atom. The molecular formula is C31H33BrN8O3. The molecule has 2 amide bonds. The summed E-state index contributed by atoms with van der Waals surface area (Å²) in [5.41, 5.74) is 3.80. The monoisotopic (exact) mass is 644 g/mol. The van der Waals surface area contributed by atoms with E-state index in [2.05, 4.69) is 48.2 Å². The second-order valence-corrected chi connectivity index (χ2v) is 12.7. The molecule has 4 aromatic heterocycles. The van der Waals surface area contributed by atoms with Crippen molar-refractivity contribution in [3.8, 4) is 11.3 Å². The lowest BCUT2D eigenvalue weighted by Gasteiger charge is -2.28. The molecule has 1 aliphatic heterocycles. The fraction of sp³-hybridized carbons (Fsp3) is 0.419. The van der Waals surface area contributed by atoms with Gasteiger partial charge in [-0.15, -0.1) is 0 Å². The maximum absolute atomic E-state index is 13.9. The lowest BCUT2D eigenvalue weighted by atomic mass is 10.0. The van der Waals surface area contributed by atoms with E-state index in [9.17, 15) is 14.4 Å². The number of Topliss-reactive ketones (excluding diaryl/α,β-unsaturated/α-hetero) is 1. The zero-order chi connectivity index (χ0) is 30.7. The number of nitrogens with one attached hydrogen (secondary N) is 1. The minimum absolute atomic E-state index is 0.0288. The molecular weight excluding hydrogens is 612 g/mol. The molecule has 1 aliphatic carbocycles. The van der Waals surface area contributed by atoms with Gasteiger partial charge < -0.3 is 10.2 Å². The fourth-order valence-electron chi connectivity index (χ4n) is 6.24. The number of likely N-dealkylation sites (tertiary alicyclic amines) is 1. The van der Waals surface area contributed by atoms with E-state index >= 15 is 0 Å². The van der Waals surface area contributed by atoms with Gasteiger partial charge in [-0.1, -0.05) is 26.8 Å². The number of nitrogens with zero attached hydrogens (tertiary/aromatic N) is 7. The van der Waals surface area contributed by atoms with Crippen molar-refractivity contribution < 1.29 is 14.4 Å². The summed E-state index contributed by atoms with van der Waals surface area (Å²) in [5, 5.41) is 8.21. The van der Waals surface area contributed by atoms with Gasteiger partial charge in [-0.05, 0) is 71.1 Å². The molecule has 4 atom stereocenters. The number of carbonyl (C=O) groups excluding carboxylic acids is 3. The van der Waals surface area contributed by atoms with Crippen LogP contribution >= 0.6 is 15.9 Å². The van der Waals surface area contributed by atoms with Gasteiger partial charge in [-0.2, -0.15) is 5.10 Å². The van der Waals surface area contributed by atoms with E-state index in [-0.39, 0.29) is 47.6 Å². The van der Waals surface area contributed by atoms with E-state index < -0.39 is 6.04 Å². The molecule has 11 nitrogen and oxygen atoms in total. The van der Waals surface area contributed by atoms with Crippen LogP contribution in [0.1, 0.15) is 61.2 Å². The largest absolute Gasteiger partial charge is 0.328 e. The van der Waals surface area contributed by atoms with Gasteiger partial charge in [0.25, 0.3) is 0 Å². The van der Waals surface area contributed by atoms with Gasteiger partial charge in [-0.25, -0.2) is 15.0 Å². The Morgan fingerprint density at radius 1 is 1.12 bits per heavy atom. The molecule has 1 saturated carbocycles. The highest BCUT2D eigenvalue weighted by molar-refractivity contribution is 9.10. The SMILES string of the molecule is CC(=O)c1nn(CC(=O)N2CC3C(C)C3[C@H]2C(=O)Nc2nc(Br)ccc2C)c2c(C(C)C)nc(-c3cnc(C)nc3)cc12. The van der Waals surface area contributed by atoms with E-state index in [1.165, 1.54) is 6.92 Å². The van der Waals surface area contributed by atoms with Gasteiger partial charge in [0, 0.05) is 36.8 Å². The maximum Gasteiger partial charge on any atom is 0.248 e. The molecule has 12 heteroatoms. The first-order valence-corrected chi connectivity index (χ1v) is 15.2. The van der Waals surface area contributed by atoms with E-state index in [1.54, 1.807) is 22.0 Å². The van der Waals surface area contributed by atoms with Crippen molar-refractivity contribution >= 4 is 50.2 Å². The van der Waals surface area contributed by atoms with Crippen LogP contribution in [0.2, 0.25) is 0 Å². The van der Waals surface area contributed by atoms with Gasteiger partial charge in [0.05, 0.1) is 16.9 Å². The summed E-state index contributed by atoms with van der Waals surface area (Å²) in [6, 6.07) is 4.89. The molecule has 5 heterocycles. The van der Waals surface area contributed by atoms with Crippen LogP contribution in [0.15, 0.2) is 35.2 Å². The molecule has 4 aromatic rings. The minimum atomic E-state index is -0.613. The predicted molar refractivity (Wildman–Crippen MR) is 164 cm³/mol. The average molecular weight is 646 g/mol. The summed E-state index contributed by atoms with van der Waals surface area (Å²) in [7, 11) is 0. The molecule has 43 heavy (non-hydrogen) atoms. The minimum Gasteiger partial charge on any atom is -0.328 e. The molecule has 222 valence electrons. The molecule has 0 bridgehead atoms. The van der Waals surface area contributed by atoms with E-state index in [1.807, 2.05) is 45.9 Å². The highest BCUT2D eigenvalue weighted by Gasteiger charge is 2.62. The number of rotatable bonds is 7. The van der Waals surface area contributed by atoms with Crippen molar-refractivity contribution in [3.63, 3.8) is 0 Å². The van der Waals surface area contributed by atoms with Crippen LogP contribution in [0.4, 0.5) is 5.82 Å². The van der Waals surface area contributed by atoms with E-state index in [4.69, 9.17) is 4.98 Å². The lowest BCUT2D eigenvalue weighted by Crippen LogP contribution is -2.48. The number of fused-ring (bicyclic) bond motifs is 2. The third-order valence-electron chi connectivity index (χ3n) is 8.63. The molecule has 6 rings (SSSR count). The van der Waals surface area contributed by atoms with Crippen molar-refractivity contribution in [2.45, 2.75) is 60.0 Å². The second-order valence-electron chi connectivity index (χ2n) is 11.9. The number of piperidine rings is 1. The van der Waals surface area contributed by atoms with Gasteiger partial charge in [0.1, 0.15) is 34.5 Å². The first-order chi connectivity index (χ1) is 20.4.